The maximum atomic E-state index is 12.6. The first-order valence-electron chi connectivity index (χ1n) is 6.37. The van der Waals surface area contributed by atoms with Crippen molar-refractivity contribution in [2.24, 2.45) is 0 Å². The molecule has 0 fully saturated rings. The molecule has 0 radical (unpaired) electrons. The van der Waals surface area contributed by atoms with Crippen LogP contribution in [-0.2, 0) is 5.54 Å². The van der Waals surface area contributed by atoms with Crippen LogP contribution in [0.4, 0.5) is 0 Å². The van der Waals surface area contributed by atoms with Gasteiger partial charge in [0, 0.05) is 10.5 Å². The van der Waals surface area contributed by atoms with E-state index in [1.54, 1.807) is 11.8 Å². The summed E-state index contributed by atoms with van der Waals surface area (Å²) in [6, 6.07) is 16.4. The van der Waals surface area contributed by atoms with Crippen molar-refractivity contribution in [2.75, 3.05) is 5.88 Å². The fourth-order valence-electron chi connectivity index (χ4n) is 3.19. The Bertz CT molecular complexity index is 697. The number of hydrogen-bond acceptors (Lipinski definition) is 2. The number of nitrogens with zero attached hydrogens (tertiary/aromatic N) is 1. The molecule has 0 spiro atoms. The molecule has 4 rings (SSSR count). The lowest BCUT2D eigenvalue weighted by molar-refractivity contribution is 0.0692. The Hall–Kier alpha value is -1.74. The van der Waals surface area contributed by atoms with Gasteiger partial charge in [0.2, 0.25) is 0 Å². The van der Waals surface area contributed by atoms with Crippen LogP contribution in [0.5, 0.6) is 0 Å². The minimum atomic E-state index is -0.310. The third kappa shape index (κ3) is 1.26. The summed E-state index contributed by atoms with van der Waals surface area (Å²) in [6.45, 7) is 2.16. The highest BCUT2D eigenvalue weighted by Crippen LogP contribution is 2.50. The summed E-state index contributed by atoms with van der Waals surface area (Å²) in [7, 11) is 0. The van der Waals surface area contributed by atoms with E-state index in [0.29, 0.717) is 0 Å². The number of rotatable bonds is 0. The van der Waals surface area contributed by atoms with E-state index < -0.39 is 0 Å². The Kier molecular flexibility index (Phi) is 2.13. The molecule has 0 bridgehead atoms. The number of amides is 1. The summed E-state index contributed by atoms with van der Waals surface area (Å²) >= 11 is 1.74. The summed E-state index contributed by atoms with van der Waals surface area (Å²) in [5.74, 6) is 0.876. The number of thioether (sulfide) groups is 1. The van der Waals surface area contributed by atoms with Gasteiger partial charge in [-0.3, -0.25) is 4.79 Å². The molecule has 0 aliphatic carbocycles. The summed E-state index contributed by atoms with van der Waals surface area (Å²) in [6.07, 6.45) is 0. The predicted octanol–water partition coefficient (Wildman–Crippen LogP) is 3.47. The van der Waals surface area contributed by atoms with Crippen molar-refractivity contribution >= 4 is 17.7 Å². The van der Waals surface area contributed by atoms with E-state index >= 15 is 0 Å². The Morgan fingerprint density at radius 2 is 1.74 bits per heavy atom. The van der Waals surface area contributed by atoms with Gasteiger partial charge in [-0.05, 0) is 30.2 Å². The molecule has 2 aromatic carbocycles. The third-order valence-corrected chi connectivity index (χ3v) is 5.28. The van der Waals surface area contributed by atoms with Crippen LogP contribution in [0.3, 0.4) is 0 Å². The third-order valence-electron chi connectivity index (χ3n) is 4.23. The molecule has 2 heterocycles. The maximum absolute atomic E-state index is 12.6. The van der Waals surface area contributed by atoms with E-state index in [1.807, 2.05) is 23.1 Å². The van der Waals surface area contributed by atoms with E-state index in [0.717, 1.165) is 17.0 Å². The van der Waals surface area contributed by atoms with Crippen molar-refractivity contribution in [3.05, 3.63) is 65.2 Å². The van der Waals surface area contributed by atoms with Gasteiger partial charge in [-0.1, -0.05) is 36.4 Å². The van der Waals surface area contributed by atoms with Crippen LogP contribution in [0, 0.1) is 0 Å². The molecule has 2 aromatic rings. The van der Waals surface area contributed by atoms with Crippen molar-refractivity contribution in [1.29, 1.82) is 0 Å². The topological polar surface area (TPSA) is 20.3 Å². The molecule has 0 saturated carbocycles. The van der Waals surface area contributed by atoms with Gasteiger partial charge < -0.3 is 4.90 Å². The molecule has 0 aromatic heterocycles. The SMILES string of the molecule is CC12c3ccccc3SCN1C(=O)c1ccccc12. The molecule has 1 atom stereocenters. The van der Waals surface area contributed by atoms with E-state index in [-0.39, 0.29) is 11.4 Å². The number of carbonyl (C=O) groups is 1. The second-order valence-electron chi connectivity index (χ2n) is 5.12. The van der Waals surface area contributed by atoms with E-state index in [2.05, 4.69) is 37.3 Å². The number of fused-ring (bicyclic) bond motifs is 5. The Balaban J connectivity index is 2.05. The average molecular weight is 267 g/mol. The molecular formula is C16H13NOS. The Morgan fingerprint density at radius 1 is 1.05 bits per heavy atom. The highest BCUT2D eigenvalue weighted by Gasteiger charge is 2.50. The van der Waals surface area contributed by atoms with Gasteiger partial charge in [0.15, 0.2) is 0 Å². The molecule has 94 valence electrons. The monoisotopic (exact) mass is 267 g/mol. The molecular weight excluding hydrogens is 254 g/mol. The fourth-order valence-corrected chi connectivity index (χ4v) is 4.44. The molecule has 0 saturated heterocycles. The zero-order valence-corrected chi connectivity index (χ0v) is 11.4. The highest BCUT2D eigenvalue weighted by atomic mass is 32.2. The molecule has 1 amide bonds. The van der Waals surface area contributed by atoms with Gasteiger partial charge in [0.25, 0.3) is 5.91 Å². The number of hydrogen-bond donors (Lipinski definition) is 0. The van der Waals surface area contributed by atoms with Crippen LogP contribution < -0.4 is 0 Å². The lowest BCUT2D eigenvalue weighted by atomic mass is 9.84. The number of carbonyl (C=O) groups excluding carboxylic acids is 1. The van der Waals surface area contributed by atoms with Crippen molar-refractivity contribution < 1.29 is 4.79 Å². The first kappa shape index (κ1) is 11.1. The van der Waals surface area contributed by atoms with Gasteiger partial charge in [-0.15, -0.1) is 11.8 Å². The molecule has 2 nitrogen and oxygen atoms in total. The second kappa shape index (κ2) is 3.64. The first-order valence-corrected chi connectivity index (χ1v) is 7.35. The average Bonchev–Trinajstić information content (AvgIpc) is 2.69. The van der Waals surface area contributed by atoms with E-state index in [1.165, 1.54) is 10.5 Å². The minimum absolute atomic E-state index is 0.153. The number of benzene rings is 2. The molecule has 19 heavy (non-hydrogen) atoms. The standard InChI is InChI=1S/C16H13NOS/c1-16-12-7-3-2-6-11(12)15(18)17(16)10-19-14-9-5-4-8-13(14)16/h2-9H,10H2,1H3. The normalized spacial score (nSPS) is 23.8. The van der Waals surface area contributed by atoms with Crippen LogP contribution in [0.1, 0.15) is 28.4 Å². The van der Waals surface area contributed by atoms with Gasteiger partial charge in [0.05, 0.1) is 11.4 Å². The maximum Gasteiger partial charge on any atom is 0.255 e. The van der Waals surface area contributed by atoms with Crippen LogP contribution in [0.25, 0.3) is 0 Å². The van der Waals surface area contributed by atoms with Crippen molar-refractivity contribution in [3.63, 3.8) is 0 Å². The molecule has 3 heteroatoms. The summed E-state index contributed by atoms with van der Waals surface area (Å²) in [4.78, 5) is 15.8. The summed E-state index contributed by atoms with van der Waals surface area (Å²) in [5.41, 5.74) is 2.91. The van der Waals surface area contributed by atoms with Gasteiger partial charge >= 0.3 is 0 Å². The quantitative estimate of drug-likeness (QED) is 0.728. The van der Waals surface area contributed by atoms with Crippen LogP contribution in [-0.4, -0.2) is 16.7 Å². The largest absolute Gasteiger partial charge is 0.315 e. The molecule has 2 aliphatic heterocycles. The smallest absolute Gasteiger partial charge is 0.255 e. The molecule has 0 N–H and O–H groups in total. The first-order chi connectivity index (χ1) is 9.23. The van der Waals surface area contributed by atoms with Gasteiger partial charge in [-0.25, -0.2) is 0 Å². The zero-order chi connectivity index (χ0) is 13.0. The molecule has 2 aliphatic rings. The highest BCUT2D eigenvalue weighted by molar-refractivity contribution is 7.99. The van der Waals surface area contributed by atoms with E-state index in [9.17, 15) is 4.79 Å². The van der Waals surface area contributed by atoms with Crippen LogP contribution in [0.2, 0.25) is 0 Å². The molecule has 1 unspecified atom stereocenters. The zero-order valence-electron chi connectivity index (χ0n) is 10.6. The van der Waals surface area contributed by atoms with Gasteiger partial charge in [-0.2, -0.15) is 0 Å². The lowest BCUT2D eigenvalue weighted by Gasteiger charge is -2.41. The minimum Gasteiger partial charge on any atom is -0.315 e. The summed E-state index contributed by atoms with van der Waals surface area (Å²) in [5, 5.41) is 0. The van der Waals surface area contributed by atoms with Crippen LogP contribution >= 0.6 is 11.8 Å². The van der Waals surface area contributed by atoms with Crippen LogP contribution in [0.15, 0.2) is 53.4 Å². The second-order valence-corrected chi connectivity index (χ2v) is 6.11. The Labute approximate surface area is 116 Å². The van der Waals surface area contributed by atoms with Crippen molar-refractivity contribution in [1.82, 2.24) is 4.90 Å². The van der Waals surface area contributed by atoms with Crippen molar-refractivity contribution in [3.8, 4) is 0 Å². The Morgan fingerprint density at radius 3 is 2.58 bits per heavy atom. The predicted molar refractivity (Wildman–Crippen MR) is 76.2 cm³/mol. The van der Waals surface area contributed by atoms with Crippen molar-refractivity contribution in [2.45, 2.75) is 17.4 Å². The van der Waals surface area contributed by atoms with E-state index in [4.69, 9.17) is 0 Å². The fraction of sp³-hybridized carbons (Fsp3) is 0.188. The van der Waals surface area contributed by atoms with Gasteiger partial charge in [0.1, 0.15) is 0 Å². The summed E-state index contributed by atoms with van der Waals surface area (Å²) < 4.78 is 0. The lowest BCUT2D eigenvalue weighted by Crippen LogP contribution is -2.44.